The third-order valence-electron chi connectivity index (χ3n) is 1.92. The van der Waals surface area contributed by atoms with Crippen molar-refractivity contribution in [2.45, 2.75) is 30.3 Å². The minimum absolute atomic E-state index is 0.0972. The van der Waals surface area contributed by atoms with Gasteiger partial charge in [-0.1, -0.05) is 0 Å². The Morgan fingerprint density at radius 3 is 1.29 bits per heavy atom. The van der Waals surface area contributed by atoms with Gasteiger partial charge in [0.1, 0.15) is 0 Å². The second-order valence-corrected chi connectivity index (χ2v) is 9.99. The van der Waals surface area contributed by atoms with E-state index in [0.29, 0.717) is 0 Å². The molecule has 0 amide bonds. The summed E-state index contributed by atoms with van der Waals surface area (Å²) in [5.41, 5.74) is 0. The molecular formula is C11H28N2Zn. The Labute approximate surface area is 98.6 Å². The summed E-state index contributed by atoms with van der Waals surface area (Å²) in [6.45, 7) is 6.98. The summed E-state index contributed by atoms with van der Waals surface area (Å²) in [6, 6.07) is 0. The average molecular weight is 254 g/mol. The van der Waals surface area contributed by atoms with E-state index >= 15 is 0 Å². The van der Waals surface area contributed by atoms with Crippen LogP contribution in [-0.4, -0.2) is 51.1 Å². The maximum absolute atomic E-state index is 2.30. The van der Waals surface area contributed by atoms with Crippen LogP contribution in [0.2, 0.25) is 10.0 Å². The molecule has 2 nitrogen and oxygen atoms in total. The van der Waals surface area contributed by atoms with Gasteiger partial charge in [-0.2, -0.15) is 0 Å². The van der Waals surface area contributed by atoms with Crippen molar-refractivity contribution in [2.75, 3.05) is 41.3 Å². The molecule has 0 fully saturated rings. The molecule has 0 aromatic rings. The van der Waals surface area contributed by atoms with Crippen molar-refractivity contribution >= 4 is 0 Å². The first-order chi connectivity index (χ1) is 6.54. The van der Waals surface area contributed by atoms with E-state index < -0.39 is 0 Å². The van der Waals surface area contributed by atoms with Crippen LogP contribution >= 0.6 is 0 Å². The van der Waals surface area contributed by atoms with Crippen molar-refractivity contribution in [3.05, 3.63) is 0 Å². The second-order valence-electron chi connectivity index (χ2n) is 4.31. The van der Waals surface area contributed by atoms with E-state index in [1.54, 1.807) is 0 Å². The summed E-state index contributed by atoms with van der Waals surface area (Å²) in [5, 5.41) is 3.06. The molecule has 0 saturated carbocycles. The summed E-state index contributed by atoms with van der Waals surface area (Å²) < 4.78 is 0. The van der Waals surface area contributed by atoms with Crippen molar-refractivity contribution in [3.8, 4) is 0 Å². The van der Waals surface area contributed by atoms with E-state index in [1.165, 1.54) is 29.5 Å². The Kier molecular flexibility index (Phi) is 16.4. The molecule has 0 unspecified atom stereocenters. The van der Waals surface area contributed by atoms with Gasteiger partial charge in [0, 0.05) is 0 Å². The quantitative estimate of drug-likeness (QED) is 0.671. The fourth-order valence-electron chi connectivity index (χ4n) is 1.06. The number of hydrogen-bond acceptors (Lipinski definition) is 2. The Bertz CT molecular complexity index is 85.3. The summed E-state index contributed by atoms with van der Waals surface area (Å²) in [5.74, 6) is 0. The van der Waals surface area contributed by atoms with Gasteiger partial charge in [0.25, 0.3) is 0 Å². The van der Waals surface area contributed by atoms with Crippen molar-refractivity contribution < 1.29 is 17.1 Å². The molecule has 0 aromatic carbocycles. The normalized spacial score (nSPS) is 9.71. The van der Waals surface area contributed by atoms with Crippen LogP contribution in [-0.2, 0) is 17.1 Å². The molecule has 84 valence electrons. The van der Waals surface area contributed by atoms with Crippen molar-refractivity contribution in [2.24, 2.45) is 0 Å². The van der Waals surface area contributed by atoms with E-state index in [0.717, 1.165) is 0 Å². The first-order valence-electron chi connectivity index (χ1n) is 5.84. The predicted molar refractivity (Wildman–Crippen MR) is 62.7 cm³/mol. The molecule has 0 radical (unpaired) electrons. The van der Waals surface area contributed by atoms with E-state index in [4.69, 9.17) is 0 Å². The Hall–Kier alpha value is 0.543. The van der Waals surface area contributed by atoms with Crippen LogP contribution in [0.4, 0.5) is 0 Å². The maximum atomic E-state index is 2.30. The van der Waals surface area contributed by atoms with Gasteiger partial charge in [-0.3, -0.25) is 0 Å². The Morgan fingerprint density at radius 1 is 0.786 bits per heavy atom. The summed E-state index contributed by atoms with van der Waals surface area (Å²) in [7, 11) is 8.43. The molecule has 0 aromatic heterocycles. The van der Waals surface area contributed by atoms with Gasteiger partial charge in [0.15, 0.2) is 0 Å². The van der Waals surface area contributed by atoms with Crippen LogP contribution in [0.15, 0.2) is 0 Å². The number of nitrogens with zero attached hydrogens (tertiary/aromatic N) is 2. The standard InChI is InChI=1S/C7H18N2.2C2H5.Zn/c1-8(2)6-5-7-9(3)4;2*1-2;/h5-7H2,1-4H3;2*1H2,2H3;. The summed E-state index contributed by atoms with van der Waals surface area (Å²) >= 11 is 0.0972. The molecule has 0 aliphatic rings. The molecule has 0 bridgehead atoms. The van der Waals surface area contributed by atoms with Crippen LogP contribution in [0.3, 0.4) is 0 Å². The van der Waals surface area contributed by atoms with Crippen LogP contribution in [0, 0.1) is 0 Å². The van der Waals surface area contributed by atoms with Gasteiger partial charge < -0.3 is 9.80 Å². The minimum atomic E-state index is 0.0972. The van der Waals surface area contributed by atoms with Gasteiger partial charge in [-0.15, -0.1) is 0 Å². The zero-order valence-electron chi connectivity index (χ0n) is 11.1. The zero-order chi connectivity index (χ0) is 11.4. The molecule has 0 atom stereocenters. The van der Waals surface area contributed by atoms with Gasteiger partial charge in [0.2, 0.25) is 0 Å². The third kappa shape index (κ3) is 22.9. The number of hydrogen-bond donors (Lipinski definition) is 0. The van der Waals surface area contributed by atoms with Gasteiger partial charge in [-0.05, 0) is 47.7 Å². The molecule has 0 N–H and O–H groups in total. The Morgan fingerprint density at radius 2 is 1.14 bits per heavy atom. The fourth-order valence-corrected chi connectivity index (χ4v) is 2.54. The van der Waals surface area contributed by atoms with E-state index in [1.807, 2.05) is 0 Å². The number of rotatable bonds is 6. The van der Waals surface area contributed by atoms with Gasteiger partial charge in [0.05, 0.1) is 0 Å². The van der Waals surface area contributed by atoms with E-state index in [-0.39, 0.29) is 17.1 Å². The third-order valence-corrected chi connectivity index (χ3v) is 4.88. The summed E-state index contributed by atoms with van der Waals surface area (Å²) in [6.07, 6.45) is 1.26. The summed E-state index contributed by atoms with van der Waals surface area (Å²) in [4.78, 5) is 4.42. The fraction of sp³-hybridized carbons (Fsp3) is 1.00. The first-order valence-corrected chi connectivity index (χ1v) is 10.0. The van der Waals surface area contributed by atoms with Crippen molar-refractivity contribution in [1.82, 2.24) is 9.80 Å². The molecule has 0 aliphatic heterocycles. The molecule has 0 aliphatic carbocycles. The predicted octanol–water partition coefficient (Wildman–Crippen LogP) is 2.45. The van der Waals surface area contributed by atoms with E-state index in [9.17, 15) is 0 Å². The Balaban J connectivity index is 0. The molecule has 3 heteroatoms. The van der Waals surface area contributed by atoms with Crippen molar-refractivity contribution in [3.63, 3.8) is 0 Å². The van der Waals surface area contributed by atoms with Crippen molar-refractivity contribution in [1.29, 1.82) is 0 Å². The van der Waals surface area contributed by atoms with E-state index in [2.05, 4.69) is 51.8 Å². The average Bonchev–Trinajstić information content (AvgIpc) is 2.05. The molecule has 14 heavy (non-hydrogen) atoms. The van der Waals surface area contributed by atoms with Crippen LogP contribution in [0.5, 0.6) is 0 Å². The molecule has 0 rings (SSSR count). The molecule has 0 saturated heterocycles. The monoisotopic (exact) mass is 252 g/mol. The van der Waals surface area contributed by atoms with Gasteiger partial charge >= 0.3 is 41.0 Å². The SMILES string of the molecule is CN(C)CCCN(C)C.C[CH2][Zn][CH2]C. The molecule has 0 heterocycles. The second kappa shape index (κ2) is 13.5. The van der Waals surface area contributed by atoms with Crippen LogP contribution in [0.1, 0.15) is 20.3 Å². The van der Waals surface area contributed by atoms with Gasteiger partial charge in [-0.25, -0.2) is 0 Å². The molecular weight excluding hydrogens is 226 g/mol. The topological polar surface area (TPSA) is 6.48 Å². The zero-order valence-corrected chi connectivity index (χ0v) is 14.1. The van der Waals surface area contributed by atoms with Crippen LogP contribution < -0.4 is 0 Å². The first kappa shape index (κ1) is 17.0. The van der Waals surface area contributed by atoms with Crippen LogP contribution in [0.25, 0.3) is 0 Å². The molecule has 0 spiro atoms.